The standard InChI is InChI=1S/C11H9F3O5S/c12-9-4-19-3-7-6(10(13)14)1-5(11(15)16)2-8(7)20(9,17)18/h1-2,9-10H,3-4H2,(H,15,16)/t9-/m1/s1. The molecule has 0 saturated carbocycles. The Hall–Kier alpha value is -1.61. The lowest BCUT2D eigenvalue weighted by molar-refractivity contribution is 0.0695. The van der Waals surface area contributed by atoms with E-state index in [1.54, 1.807) is 0 Å². The van der Waals surface area contributed by atoms with Crippen LogP contribution in [0.1, 0.15) is 27.9 Å². The lowest BCUT2D eigenvalue weighted by Crippen LogP contribution is -2.20. The number of fused-ring (bicyclic) bond motifs is 1. The van der Waals surface area contributed by atoms with Crippen LogP contribution in [0.25, 0.3) is 0 Å². The van der Waals surface area contributed by atoms with E-state index in [1.165, 1.54) is 0 Å². The second kappa shape index (κ2) is 5.06. The summed E-state index contributed by atoms with van der Waals surface area (Å²) < 4.78 is 67.9. The predicted molar refractivity (Wildman–Crippen MR) is 60.1 cm³/mol. The van der Waals surface area contributed by atoms with Gasteiger partial charge in [-0.15, -0.1) is 0 Å². The molecule has 0 aromatic heterocycles. The Morgan fingerprint density at radius 2 is 2.05 bits per heavy atom. The van der Waals surface area contributed by atoms with Crippen molar-refractivity contribution in [2.45, 2.75) is 23.4 Å². The van der Waals surface area contributed by atoms with Crippen LogP contribution >= 0.6 is 0 Å². The molecule has 110 valence electrons. The van der Waals surface area contributed by atoms with E-state index in [9.17, 15) is 26.4 Å². The highest BCUT2D eigenvalue weighted by atomic mass is 32.2. The van der Waals surface area contributed by atoms with Crippen LogP contribution < -0.4 is 0 Å². The molecule has 1 aliphatic heterocycles. The van der Waals surface area contributed by atoms with Crippen molar-refractivity contribution in [3.8, 4) is 0 Å². The average molecular weight is 310 g/mol. The maximum Gasteiger partial charge on any atom is 0.335 e. The van der Waals surface area contributed by atoms with Crippen LogP contribution in [-0.4, -0.2) is 31.6 Å². The largest absolute Gasteiger partial charge is 0.478 e. The molecule has 0 radical (unpaired) electrons. The Labute approximate surface area is 111 Å². The monoisotopic (exact) mass is 310 g/mol. The van der Waals surface area contributed by atoms with Crippen LogP contribution in [0.5, 0.6) is 0 Å². The van der Waals surface area contributed by atoms with Gasteiger partial charge < -0.3 is 9.84 Å². The molecule has 1 aromatic carbocycles. The molecule has 2 rings (SSSR count). The lowest BCUT2D eigenvalue weighted by atomic mass is 10.0. The van der Waals surface area contributed by atoms with E-state index in [4.69, 9.17) is 9.84 Å². The number of hydrogen-bond donors (Lipinski definition) is 1. The van der Waals surface area contributed by atoms with Gasteiger partial charge in [0.25, 0.3) is 6.43 Å². The summed E-state index contributed by atoms with van der Waals surface area (Å²) in [5.41, 5.74) is -4.24. The first-order chi connectivity index (χ1) is 9.25. The number of carboxylic acids is 1. The van der Waals surface area contributed by atoms with Crippen molar-refractivity contribution in [3.63, 3.8) is 0 Å². The number of aromatic carboxylic acids is 1. The summed E-state index contributed by atoms with van der Waals surface area (Å²) in [5.74, 6) is -1.58. The van der Waals surface area contributed by atoms with Crippen molar-refractivity contribution >= 4 is 15.8 Å². The molecule has 0 amide bonds. The minimum atomic E-state index is -4.56. The second-order valence-electron chi connectivity index (χ2n) is 4.12. The summed E-state index contributed by atoms with van der Waals surface area (Å²) in [5, 5.41) is 8.83. The van der Waals surface area contributed by atoms with Crippen molar-refractivity contribution in [2.75, 3.05) is 6.61 Å². The van der Waals surface area contributed by atoms with E-state index in [1.807, 2.05) is 0 Å². The number of alkyl halides is 3. The van der Waals surface area contributed by atoms with Crippen LogP contribution in [-0.2, 0) is 21.2 Å². The normalized spacial score (nSPS) is 21.3. The molecule has 0 fully saturated rings. The SMILES string of the molecule is O=C(O)c1cc(C(F)F)c2c(c1)S(=O)(=O)[C@@H](F)COC2. The van der Waals surface area contributed by atoms with Crippen molar-refractivity contribution in [2.24, 2.45) is 0 Å². The fourth-order valence-corrected chi connectivity index (χ4v) is 3.24. The molecule has 20 heavy (non-hydrogen) atoms. The Morgan fingerprint density at radius 3 is 2.60 bits per heavy atom. The molecule has 1 heterocycles. The van der Waals surface area contributed by atoms with Crippen LogP contribution in [0.3, 0.4) is 0 Å². The van der Waals surface area contributed by atoms with Crippen molar-refractivity contribution < 1.29 is 36.2 Å². The smallest absolute Gasteiger partial charge is 0.335 e. The highest BCUT2D eigenvalue weighted by molar-refractivity contribution is 7.92. The number of carboxylic acid groups (broad SMARTS) is 1. The molecular weight excluding hydrogens is 301 g/mol. The first-order valence-corrected chi connectivity index (χ1v) is 6.93. The summed E-state index contributed by atoms with van der Waals surface area (Å²) in [6.45, 7) is -1.31. The number of benzene rings is 1. The average Bonchev–Trinajstić information content (AvgIpc) is 2.47. The van der Waals surface area contributed by atoms with Gasteiger partial charge in [0.1, 0.15) is 0 Å². The van der Waals surface area contributed by atoms with Crippen molar-refractivity contribution in [1.29, 1.82) is 0 Å². The molecule has 1 atom stereocenters. The van der Waals surface area contributed by atoms with Gasteiger partial charge in [0.2, 0.25) is 15.3 Å². The van der Waals surface area contributed by atoms with E-state index >= 15 is 0 Å². The van der Waals surface area contributed by atoms with Crippen molar-refractivity contribution in [3.05, 3.63) is 28.8 Å². The third kappa shape index (κ3) is 2.38. The van der Waals surface area contributed by atoms with Gasteiger partial charge >= 0.3 is 5.97 Å². The van der Waals surface area contributed by atoms with Crippen LogP contribution in [0.2, 0.25) is 0 Å². The molecule has 5 nitrogen and oxygen atoms in total. The van der Waals surface area contributed by atoms with Gasteiger partial charge in [-0.25, -0.2) is 26.4 Å². The zero-order valence-electron chi connectivity index (χ0n) is 9.85. The topological polar surface area (TPSA) is 80.7 Å². The van der Waals surface area contributed by atoms with E-state index < -0.39 is 62.5 Å². The number of sulfone groups is 1. The van der Waals surface area contributed by atoms with E-state index in [-0.39, 0.29) is 0 Å². The summed E-state index contributed by atoms with van der Waals surface area (Å²) >= 11 is 0. The fourth-order valence-electron chi connectivity index (χ4n) is 1.87. The number of rotatable bonds is 2. The first-order valence-electron chi connectivity index (χ1n) is 5.39. The van der Waals surface area contributed by atoms with Crippen LogP contribution in [0, 0.1) is 0 Å². The van der Waals surface area contributed by atoms with Gasteiger partial charge in [0.15, 0.2) is 0 Å². The predicted octanol–water partition coefficient (Wildman–Crippen LogP) is 1.92. The zero-order chi connectivity index (χ0) is 15.1. The molecular formula is C11H9F3O5S. The lowest BCUT2D eigenvalue weighted by Gasteiger charge is -2.13. The van der Waals surface area contributed by atoms with Crippen LogP contribution in [0.4, 0.5) is 13.2 Å². The molecule has 1 aliphatic rings. The third-order valence-corrected chi connectivity index (χ3v) is 4.65. The number of ether oxygens (including phenoxy) is 1. The van der Waals surface area contributed by atoms with Crippen LogP contribution in [0.15, 0.2) is 17.0 Å². The Kier molecular flexibility index (Phi) is 3.74. The van der Waals surface area contributed by atoms with Gasteiger partial charge in [0.05, 0.1) is 23.7 Å². The number of carbonyl (C=O) groups is 1. The zero-order valence-corrected chi connectivity index (χ0v) is 10.7. The quantitative estimate of drug-likeness (QED) is 0.902. The summed E-state index contributed by atoms with van der Waals surface area (Å²) in [7, 11) is -4.56. The Morgan fingerprint density at radius 1 is 1.40 bits per heavy atom. The van der Waals surface area contributed by atoms with Gasteiger partial charge in [-0.2, -0.15) is 0 Å². The number of halogens is 3. The molecule has 0 bridgehead atoms. The molecule has 9 heteroatoms. The molecule has 0 spiro atoms. The second-order valence-corrected chi connectivity index (χ2v) is 6.16. The highest BCUT2D eigenvalue weighted by Gasteiger charge is 2.35. The van der Waals surface area contributed by atoms with E-state index in [0.717, 1.165) is 0 Å². The summed E-state index contributed by atoms with van der Waals surface area (Å²) in [6, 6.07) is 1.35. The van der Waals surface area contributed by atoms with Gasteiger partial charge in [-0.05, 0) is 12.1 Å². The Balaban J connectivity index is 2.80. The Bertz CT molecular complexity index is 656. The maximum absolute atomic E-state index is 13.5. The first kappa shape index (κ1) is 14.8. The van der Waals surface area contributed by atoms with Gasteiger partial charge in [-0.1, -0.05) is 0 Å². The fraction of sp³-hybridized carbons (Fsp3) is 0.364. The van der Waals surface area contributed by atoms with E-state index in [2.05, 4.69) is 0 Å². The summed E-state index contributed by atoms with van der Waals surface area (Å²) in [6.07, 6.45) is -3.10. The van der Waals surface area contributed by atoms with Crippen molar-refractivity contribution in [1.82, 2.24) is 0 Å². The number of hydrogen-bond acceptors (Lipinski definition) is 4. The van der Waals surface area contributed by atoms with Gasteiger partial charge in [-0.3, -0.25) is 0 Å². The van der Waals surface area contributed by atoms with E-state index in [0.29, 0.717) is 12.1 Å². The summed E-state index contributed by atoms with van der Waals surface area (Å²) in [4.78, 5) is 10.1. The minimum absolute atomic E-state index is 0.398. The maximum atomic E-state index is 13.5. The molecule has 1 aromatic rings. The molecule has 0 aliphatic carbocycles. The third-order valence-electron chi connectivity index (χ3n) is 2.86. The molecule has 0 saturated heterocycles. The molecule has 1 N–H and O–H groups in total. The van der Waals surface area contributed by atoms with Gasteiger partial charge in [0, 0.05) is 11.1 Å². The minimum Gasteiger partial charge on any atom is -0.478 e. The highest BCUT2D eigenvalue weighted by Crippen LogP contribution is 2.34. The molecule has 0 unspecified atom stereocenters.